The van der Waals surface area contributed by atoms with E-state index in [0.717, 1.165) is 30.6 Å². The Bertz CT molecular complexity index is 659. The van der Waals surface area contributed by atoms with E-state index in [1.165, 1.54) is 11.1 Å². The number of hydrogen-bond acceptors (Lipinski definition) is 3. The van der Waals surface area contributed by atoms with E-state index in [1.807, 2.05) is 18.5 Å². The molecule has 0 bridgehead atoms. The molecule has 1 aromatic heterocycles. The molecule has 2 rings (SSSR count). The molecule has 0 aliphatic heterocycles. The second kappa shape index (κ2) is 8.31. The Morgan fingerprint density at radius 2 is 1.87 bits per heavy atom. The standard InChI is InChI=1S/C17H26N6/c1-5-14-9-7-8-10-15(14)11-19-17(18-6-2)20-12-16-22-21-13(3)23(16)4/h7-10H,5-6,11-12H2,1-4H3,(H2,18,19,20). The van der Waals surface area contributed by atoms with E-state index in [-0.39, 0.29) is 0 Å². The SMILES string of the molecule is CCNC(=NCc1ccccc1CC)NCc1nnc(C)n1C. The van der Waals surface area contributed by atoms with Gasteiger partial charge in [0.2, 0.25) is 0 Å². The minimum Gasteiger partial charge on any atom is -0.357 e. The van der Waals surface area contributed by atoms with Crippen molar-refractivity contribution in [1.29, 1.82) is 0 Å². The molecule has 0 radical (unpaired) electrons. The van der Waals surface area contributed by atoms with Gasteiger partial charge in [-0.25, -0.2) is 4.99 Å². The molecule has 2 aromatic rings. The summed E-state index contributed by atoms with van der Waals surface area (Å²) in [6.07, 6.45) is 1.02. The molecule has 0 aliphatic carbocycles. The number of rotatable bonds is 6. The van der Waals surface area contributed by atoms with Gasteiger partial charge < -0.3 is 15.2 Å². The number of hydrogen-bond donors (Lipinski definition) is 2. The summed E-state index contributed by atoms with van der Waals surface area (Å²) in [5.41, 5.74) is 2.61. The van der Waals surface area contributed by atoms with Crippen molar-refractivity contribution in [2.45, 2.75) is 40.3 Å². The molecule has 0 saturated heterocycles. The summed E-state index contributed by atoms with van der Waals surface area (Å²) >= 11 is 0. The monoisotopic (exact) mass is 314 g/mol. The zero-order chi connectivity index (χ0) is 16.7. The smallest absolute Gasteiger partial charge is 0.191 e. The molecule has 0 spiro atoms. The van der Waals surface area contributed by atoms with Gasteiger partial charge in [0.15, 0.2) is 11.8 Å². The number of aromatic nitrogens is 3. The fraction of sp³-hybridized carbons (Fsp3) is 0.471. The van der Waals surface area contributed by atoms with Crippen LogP contribution in [-0.4, -0.2) is 27.3 Å². The summed E-state index contributed by atoms with van der Waals surface area (Å²) in [5.74, 6) is 2.58. The Hall–Kier alpha value is -2.37. The minimum absolute atomic E-state index is 0.596. The molecule has 1 heterocycles. The molecule has 6 heteroatoms. The summed E-state index contributed by atoms with van der Waals surface area (Å²) in [4.78, 5) is 4.68. The van der Waals surface area contributed by atoms with Crippen LogP contribution in [0.15, 0.2) is 29.3 Å². The largest absolute Gasteiger partial charge is 0.357 e. The number of benzene rings is 1. The molecule has 0 fully saturated rings. The first-order chi connectivity index (χ1) is 11.2. The van der Waals surface area contributed by atoms with E-state index in [4.69, 9.17) is 0 Å². The van der Waals surface area contributed by atoms with Crippen molar-refractivity contribution in [2.24, 2.45) is 12.0 Å². The Morgan fingerprint density at radius 3 is 2.48 bits per heavy atom. The average molecular weight is 314 g/mol. The molecule has 23 heavy (non-hydrogen) atoms. The van der Waals surface area contributed by atoms with Crippen molar-refractivity contribution in [3.8, 4) is 0 Å². The average Bonchev–Trinajstić information content (AvgIpc) is 2.89. The molecule has 0 atom stereocenters. The summed E-state index contributed by atoms with van der Waals surface area (Å²) < 4.78 is 1.98. The van der Waals surface area contributed by atoms with Crippen LogP contribution >= 0.6 is 0 Å². The van der Waals surface area contributed by atoms with E-state index in [2.05, 4.69) is 63.9 Å². The van der Waals surface area contributed by atoms with Crippen molar-refractivity contribution in [3.63, 3.8) is 0 Å². The lowest BCUT2D eigenvalue weighted by molar-refractivity contribution is 0.718. The molecule has 6 nitrogen and oxygen atoms in total. The van der Waals surface area contributed by atoms with Crippen LogP contribution in [0.25, 0.3) is 0 Å². The van der Waals surface area contributed by atoms with Crippen molar-refractivity contribution in [3.05, 3.63) is 47.0 Å². The summed E-state index contributed by atoms with van der Waals surface area (Å²) in [6.45, 7) is 8.25. The van der Waals surface area contributed by atoms with Crippen LogP contribution in [0, 0.1) is 6.92 Å². The zero-order valence-electron chi connectivity index (χ0n) is 14.4. The second-order valence-electron chi connectivity index (χ2n) is 5.39. The van der Waals surface area contributed by atoms with Crippen LogP contribution in [0.2, 0.25) is 0 Å². The maximum absolute atomic E-state index is 4.68. The zero-order valence-corrected chi connectivity index (χ0v) is 14.4. The van der Waals surface area contributed by atoms with E-state index in [1.54, 1.807) is 0 Å². The maximum Gasteiger partial charge on any atom is 0.191 e. The second-order valence-corrected chi connectivity index (χ2v) is 5.39. The molecular formula is C17H26N6. The number of aryl methyl sites for hydroxylation is 2. The highest BCUT2D eigenvalue weighted by Crippen LogP contribution is 2.10. The van der Waals surface area contributed by atoms with E-state index >= 15 is 0 Å². The third kappa shape index (κ3) is 4.55. The Balaban J connectivity index is 2.03. The Kier molecular flexibility index (Phi) is 6.14. The van der Waals surface area contributed by atoms with Crippen LogP contribution in [0.3, 0.4) is 0 Å². The molecule has 0 saturated carbocycles. The third-order valence-electron chi connectivity index (χ3n) is 3.85. The molecule has 124 valence electrons. The molecule has 0 aliphatic rings. The maximum atomic E-state index is 4.68. The van der Waals surface area contributed by atoms with E-state index < -0.39 is 0 Å². The quantitative estimate of drug-likeness (QED) is 0.632. The highest BCUT2D eigenvalue weighted by Gasteiger charge is 2.06. The van der Waals surface area contributed by atoms with Gasteiger partial charge in [-0.2, -0.15) is 0 Å². The molecule has 2 N–H and O–H groups in total. The topological polar surface area (TPSA) is 67.1 Å². The van der Waals surface area contributed by atoms with Crippen LogP contribution in [0.5, 0.6) is 0 Å². The highest BCUT2D eigenvalue weighted by molar-refractivity contribution is 5.79. The number of guanidine groups is 1. The first-order valence-corrected chi connectivity index (χ1v) is 8.09. The van der Waals surface area contributed by atoms with Crippen LogP contribution in [-0.2, 0) is 26.6 Å². The van der Waals surface area contributed by atoms with Crippen molar-refractivity contribution in [2.75, 3.05) is 6.54 Å². The minimum atomic E-state index is 0.596. The lowest BCUT2D eigenvalue weighted by Gasteiger charge is -2.12. The van der Waals surface area contributed by atoms with E-state index in [9.17, 15) is 0 Å². The Labute approximate surface area is 138 Å². The summed E-state index contributed by atoms with van der Waals surface area (Å²) in [5, 5.41) is 14.8. The van der Waals surface area contributed by atoms with Crippen LogP contribution in [0.1, 0.15) is 36.6 Å². The molecule has 1 aromatic carbocycles. The fourth-order valence-electron chi connectivity index (χ4n) is 2.33. The van der Waals surface area contributed by atoms with Crippen molar-refractivity contribution < 1.29 is 0 Å². The van der Waals surface area contributed by atoms with Gasteiger partial charge in [-0.05, 0) is 31.4 Å². The van der Waals surface area contributed by atoms with Gasteiger partial charge in [0.1, 0.15) is 5.82 Å². The lowest BCUT2D eigenvalue weighted by atomic mass is 10.1. The Morgan fingerprint density at radius 1 is 1.13 bits per heavy atom. The van der Waals surface area contributed by atoms with Gasteiger partial charge in [-0.3, -0.25) is 0 Å². The number of nitrogens with zero attached hydrogens (tertiary/aromatic N) is 4. The normalized spacial score (nSPS) is 11.6. The lowest BCUT2D eigenvalue weighted by Crippen LogP contribution is -2.37. The van der Waals surface area contributed by atoms with Crippen molar-refractivity contribution >= 4 is 5.96 Å². The van der Waals surface area contributed by atoms with Gasteiger partial charge in [0.05, 0.1) is 13.1 Å². The molecule has 0 amide bonds. The third-order valence-corrected chi connectivity index (χ3v) is 3.85. The number of aliphatic imine (C=N–C) groups is 1. The van der Waals surface area contributed by atoms with Gasteiger partial charge in [0, 0.05) is 13.6 Å². The van der Waals surface area contributed by atoms with Gasteiger partial charge in [-0.1, -0.05) is 31.2 Å². The molecular weight excluding hydrogens is 288 g/mol. The number of nitrogens with one attached hydrogen (secondary N) is 2. The first-order valence-electron chi connectivity index (χ1n) is 8.09. The van der Waals surface area contributed by atoms with E-state index in [0.29, 0.717) is 13.1 Å². The predicted molar refractivity (Wildman–Crippen MR) is 93.2 cm³/mol. The molecule has 0 unspecified atom stereocenters. The fourth-order valence-corrected chi connectivity index (χ4v) is 2.33. The van der Waals surface area contributed by atoms with Crippen LogP contribution in [0.4, 0.5) is 0 Å². The van der Waals surface area contributed by atoms with Crippen LogP contribution < -0.4 is 10.6 Å². The highest BCUT2D eigenvalue weighted by atomic mass is 15.3. The summed E-state index contributed by atoms with van der Waals surface area (Å²) in [7, 11) is 1.97. The summed E-state index contributed by atoms with van der Waals surface area (Å²) in [6, 6.07) is 8.43. The first kappa shape index (κ1) is 17.0. The van der Waals surface area contributed by atoms with Crippen molar-refractivity contribution in [1.82, 2.24) is 25.4 Å². The van der Waals surface area contributed by atoms with Gasteiger partial charge in [0.25, 0.3) is 0 Å². The predicted octanol–water partition coefficient (Wildman–Crippen LogP) is 1.94. The van der Waals surface area contributed by atoms with Gasteiger partial charge >= 0.3 is 0 Å². The van der Waals surface area contributed by atoms with Gasteiger partial charge in [-0.15, -0.1) is 10.2 Å².